The van der Waals surface area contributed by atoms with E-state index in [1.54, 1.807) is 7.11 Å². The first-order valence-corrected chi connectivity index (χ1v) is 10.9. The molecule has 2 N–H and O–H groups in total. The smallest absolute Gasteiger partial charge is 0.224 e. The molecule has 7 heteroatoms. The van der Waals surface area contributed by atoms with Crippen LogP contribution in [-0.2, 0) is 19.1 Å². The molecule has 1 saturated carbocycles. The molecule has 0 aromatic heterocycles. The van der Waals surface area contributed by atoms with Gasteiger partial charge in [-0.2, -0.15) is 0 Å². The van der Waals surface area contributed by atoms with Crippen molar-refractivity contribution < 1.29 is 19.1 Å². The standard InChI is InChI=1S/C21H35N3O4/c1-28-14-11-20(27)24-12-9-16(10-13-24)21-17(7-8-19(26)23-21)22-18(25)4-2-3-15-5-6-15/h15-17,21H,2-14H2,1H3,(H,22,25)(H,23,26)/t17-,21+/m1/s1. The van der Waals surface area contributed by atoms with Crippen molar-refractivity contribution in [1.82, 2.24) is 15.5 Å². The van der Waals surface area contributed by atoms with Crippen LogP contribution in [0.15, 0.2) is 0 Å². The Balaban J connectivity index is 1.47. The van der Waals surface area contributed by atoms with Crippen LogP contribution in [0.1, 0.15) is 64.2 Å². The van der Waals surface area contributed by atoms with Crippen molar-refractivity contribution in [1.29, 1.82) is 0 Å². The number of methoxy groups -OCH3 is 1. The Kier molecular flexibility index (Phi) is 7.71. The average molecular weight is 394 g/mol. The fraction of sp³-hybridized carbons (Fsp3) is 0.857. The van der Waals surface area contributed by atoms with Crippen LogP contribution < -0.4 is 10.6 Å². The molecule has 1 aliphatic carbocycles. The van der Waals surface area contributed by atoms with Crippen LogP contribution in [0.2, 0.25) is 0 Å². The fourth-order valence-electron chi connectivity index (χ4n) is 4.53. The summed E-state index contributed by atoms with van der Waals surface area (Å²) in [6.45, 7) is 1.87. The summed E-state index contributed by atoms with van der Waals surface area (Å²) in [5.74, 6) is 1.47. The number of hydrogen-bond acceptors (Lipinski definition) is 4. The highest BCUT2D eigenvalue weighted by molar-refractivity contribution is 5.79. The number of piperidine rings is 2. The Hall–Kier alpha value is -1.63. The van der Waals surface area contributed by atoms with Gasteiger partial charge < -0.3 is 20.3 Å². The number of nitrogens with one attached hydrogen (secondary N) is 2. The lowest BCUT2D eigenvalue weighted by molar-refractivity contribution is -0.134. The van der Waals surface area contributed by atoms with E-state index < -0.39 is 0 Å². The molecule has 0 spiro atoms. The summed E-state index contributed by atoms with van der Waals surface area (Å²) >= 11 is 0. The van der Waals surface area contributed by atoms with Crippen LogP contribution in [0.3, 0.4) is 0 Å². The number of ether oxygens (including phenoxy) is 1. The van der Waals surface area contributed by atoms with E-state index in [-0.39, 0.29) is 29.8 Å². The molecule has 0 unspecified atom stereocenters. The summed E-state index contributed by atoms with van der Waals surface area (Å²) in [4.78, 5) is 38.4. The fourth-order valence-corrected chi connectivity index (χ4v) is 4.53. The summed E-state index contributed by atoms with van der Waals surface area (Å²) in [7, 11) is 1.60. The van der Waals surface area contributed by atoms with Crippen molar-refractivity contribution in [3.63, 3.8) is 0 Å². The van der Waals surface area contributed by atoms with Crippen molar-refractivity contribution in [2.24, 2.45) is 11.8 Å². The molecule has 28 heavy (non-hydrogen) atoms. The SMILES string of the molecule is COCCC(=O)N1CCC([C@@H]2NC(=O)CC[C@H]2NC(=O)CCCC2CC2)CC1. The lowest BCUT2D eigenvalue weighted by atomic mass is 9.81. The predicted octanol–water partition coefficient (Wildman–Crippen LogP) is 1.61. The predicted molar refractivity (Wildman–Crippen MR) is 105 cm³/mol. The van der Waals surface area contributed by atoms with Gasteiger partial charge in [-0.15, -0.1) is 0 Å². The van der Waals surface area contributed by atoms with E-state index in [4.69, 9.17) is 4.74 Å². The van der Waals surface area contributed by atoms with Crippen molar-refractivity contribution in [3.05, 3.63) is 0 Å². The Labute approximate surface area is 167 Å². The topological polar surface area (TPSA) is 87.7 Å². The number of rotatable bonds is 9. The van der Waals surface area contributed by atoms with Gasteiger partial charge in [-0.25, -0.2) is 0 Å². The molecule has 0 aromatic carbocycles. The van der Waals surface area contributed by atoms with Gasteiger partial charge in [-0.05, 0) is 43.9 Å². The molecule has 2 atom stereocenters. The summed E-state index contributed by atoms with van der Waals surface area (Å²) in [6.07, 6.45) is 8.66. The largest absolute Gasteiger partial charge is 0.384 e. The number of carbonyl (C=O) groups excluding carboxylic acids is 3. The molecule has 2 heterocycles. The third-order valence-corrected chi connectivity index (χ3v) is 6.42. The molecule has 0 radical (unpaired) electrons. The second-order valence-electron chi connectivity index (χ2n) is 8.60. The highest BCUT2D eigenvalue weighted by atomic mass is 16.5. The molecule has 2 aliphatic heterocycles. The lowest BCUT2D eigenvalue weighted by Gasteiger charge is -2.42. The number of amides is 3. The van der Waals surface area contributed by atoms with E-state index in [0.717, 1.165) is 31.6 Å². The van der Waals surface area contributed by atoms with E-state index >= 15 is 0 Å². The molecule has 2 saturated heterocycles. The molecular formula is C21H35N3O4. The minimum atomic E-state index is -0.0233. The molecule has 3 rings (SSSR count). The van der Waals surface area contributed by atoms with Gasteiger partial charge in [0.05, 0.1) is 19.1 Å². The van der Waals surface area contributed by atoms with Gasteiger partial charge >= 0.3 is 0 Å². The zero-order valence-corrected chi connectivity index (χ0v) is 17.1. The van der Waals surface area contributed by atoms with E-state index in [1.807, 2.05) is 4.90 Å². The average Bonchev–Trinajstić information content (AvgIpc) is 3.52. The molecule has 158 valence electrons. The number of hydrogen-bond donors (Lipinski definition) is 2. The van der Waals surface area contributed by atoms with Crippen LogP contribution in [0.4, 0.5) is 0 Å². The highest BCUT2D eigenvalue weighted by Gasteiger charge is 2.37. The van der Waals surface area contributed by atoms with Crippen molar-refractivity contribution in [3.8, 4) is 0 Å². The number of likely N-dealkylation sites (tertiary alicyclic amines) is 1. The molecule has 0 bridgehead atoms. The third-order valence-electron chi connectivity index (χ3n) is 6.42. The Bertz CT molecular complexity index is 556. The molecule has 7 nitrogen and oxygen atoms in total. The van der Waals surface area contributed by atoms with Crippen LogP contribution >= 0.6 is 0 Å². The second-order valence-corrected chi connectivity index (χ2v) is 8.60. The number of carbonyl (C=O) groups is 3. The number of nitrogens with zero attached hydrogens (tertiary/aromatic N) is 1. The van der Waals surface area contributed by atoms with Gasteiger partial charge in [0.25, 0.3) is 0 Å². The van der Waals surface area contributed by atoms with Crippen LogP contribution in [0.5, 0.6) is 0 Å². The Morgan fingerprint density at radius 3 is 2.57 bits per heavy atom. The van der Waals surface area contributed by atoms with Crippen molar-refractivity contribution >= 4 is 17.7 Å². The zero-order chi connectivity index (χ0) is 19.9. The van der Waals surface area contributed by atoms with Gasteiger partial charge in [-0.3, -0.25) is 14.4 Å². The second kappa shape index (κ2) is 10.2. The van der Waals surface area contributed by atoms with Crippen LogP contribution in [-0.4, -0.2) is 61.5 Å². The quantitative estimate of drug-likeness (QED) is 0.623. The van der Waals surface area contributed by atoms with Gasteiger partial charge in [0.15, 0.2) is 0 Å². The molecule has 3 amide bonds. The van der Waals surface area contributed by atoms with Gasteiger partial charge in [0.1, 0.15) is 0 Å². The summed E-state index contributed by atoms with van der Waals surface area (Å²) < 4.78 is 4.99. The van der Waals surface area contributed by atoms with Gasteiger partial charge in [0.2, 0.25) is 17.7 Å². The maximum absolute atomic E-state index is 12.4. The zero-order valence-electron chi connectivity index (χ0n) is 17.1. The first-order chi connectivity index (χ1) is 13.6. The third kappa shape index (κ3) is 6.19. The molecule has 3 aliphatic rings. The van der Waals surface area contributed by atoms with Crippen molar-refractivity contribution in [2.75, 3.05) is 26.8 Å². The summed E-state index contributed by atoms with van der Waals surface area (Å²) in [5.41, 5.74) is 0. The molecule has 3 fully saturated rings. The first-order valence-electron chi connectivity index (χ1n) is 10.9. The molecular weight excluding hydrogens is 358 g/mol. The maximum Gasteiger partial charge on any atom is 0.224 e. The van der Waals surface area contributed by atoms with E-state index in [9.17, 15) is 14.4 Å². The van der Waals surface area contributed by atoms with Gasteiger partial charge in [0, 0.05) is 39.1 Å². The van der Waals surface area contributed by atoms with E-state index in [0.29, 0.717) is 51.3 Å². The summed E-state index contributed by atoms with van der Waals surface area (Å²) in [6, 6.07) is -0.0169. The minimum absolute atomic E-state index is 0.00636. The maximum atomic E-state index is 12.4. The van der Waals surface area contributed by atoms with E-state index in [2.05, 4.69) is 10.6 Å². The van der Waals surface area contributed by atoms with Crippen LogP contribution in [0, 0.1) is 11.8 Å². The first kappa shape index (κ1) is 21.1. The van der Waals surface area contributed by atoms with Crippen molar-refractivity contribution in [2.45, 2.75) is 76.3 Å². The highest BCUT2D eigenvalue weighted by Crippen LogP contribution is 2.34. The lowest BCUT2D eigenvalue weighted by Crippen LogP contribution is -2.60. The Morgan fingerprint density at radius 1 is 1.14 bits per heavy atom. The normalized spacial score (nSPS) is 26.0. The van der Waals surface area contributed by atoms with Crippen LogP contribution in [0.25, 0.3) is 0 Å². The Morgan fingerprint density at radius 2 is 1.89 bits per heavy atom. The van der Waals surface area contributed by atoms with E-state index in [1.165, 1.54) is 12.8 Å². The molecule has 0 aromatic rings. The minimum Gasteiger partial charge on any atom is -0.384 e. The van der Waals surface area contributed by atoms with Gasteiger partial charge in [-0.1, -0.05) is 12.8 Å². The summed E-state index contributed by atoms with van der Waals surface area (Å²) in [5, 5.41) is 6.32. The monoisotopic (exact) mass is 393 g/mol.